The van der Waals surface area contributed by atoms with E-state index < -0.39 is 28.2 Å². The van der Waals surface area contributed by atoms with Crippen LogP contribution >= 0.6 is 0 Å². The number of hydrogen-bond acceptors (Lipinski definition) is 6. The zero-order valence-electron chi connectivity index (χ0n) is 13.0. The minimum absolute atomic E-state index is 0.0402. The van der Waals surface area contributed by atoms with E-state index in [0.29, 0.717) is 0 Å². The van der Waals surface area contributed by atoms with Crippen molar-refractivity contribution < 1.29 is 34.9 Å². The molecule has 7 nitrogen and oxygen atoms in total. The van der Waals surface area contributed by atoms with E-state index in [1.54, 1.807) is 12.1 Å². The van der Waals surface area contributed by atoms with E-state index in [1.807, 2.05) is 0 Å². The third-order valence-electron chi connectivity index (χ3n) is 2.85. The summed E-state index contributed by atoms with van der Waals surface area (Å²) in [5.41, 5.74) is -0.716. The van der Waals surface area contributed by atoms with Gasteiger partial charge in [0.15, 0.2) is 0 Å². The average Bonchev–Trinajstić information content (AvgIpc) is 2.53. The third kappa shape index (κ3) is 5.91. The Labute approximate surface area is 150 Å². The van der Waals surface area contributed by atoms with Crippen LogP contribution in [-0.4, -0.2) is 20.5 Å². The minimum atomic E-state index is -5.45. The van der Waals surface area contributed by atoms with E-state index >= 15 is 0 Å². The number of ether oxygens (including phenoxy) is 1. The smallest absolute Gasteiger partial charge is 0.456 e. The van der Waals surface area contributed by atoms with Gasteiger partial charge in [0, 0.05) is 12.5 Å². The molecule has 0 saturated carbocycles. The Kier molecular flexibility index (Phi) is 5.64. The first-order valence-corrected chi connectivity index (χ1v) is 8.20. The summed E-state index contributed by atoms with van der Waals surface area (Å²) >= 11 is 0. The maximum Gasteiger partial charge on any atom is 0.538 e. The van der Waals surface area contributed by atoms with Gasteiger partial charge in [0.1, 0.15) is 23.4 Å². The molecule has 0 amide bonds. The van der Waals surface area contributed by atoms with Crippen molar-refractivity contribution in [3.8, 4) is 17.9 Å². The van der Waals surface area contributed by atoms with Crippen molar-refractivity contribution in [2.75, 3.05) is 0 Å². The van der Waals surface area contributed by atoms with Crippen molar-refractivity contribution in [1.82, 2.24) is 0 Å². The zero-order valence-corrected chi connectivity index (χ0v) is 13.8. The Balaban J connectivity index is 2.27. The summed E-state index contributed by atoms with van der Waals surface area (Å²) in [6, 6.07) is 6.47. The van der Waals surface area contributed by atoms with Crippen molar-refractivity contribution in [1.29, 1.82) is 10.5 Å². The van der Waals surface area contributed by atoms with Crippen LogP contribution in [0.1, 0.15) is 12.0 Å². The van der Waals surface area contributed by atoms with Gasteiger partial charge in [0.25, 0.3) is 0 Å². The lowest BCUT2D eigenvalue weighted by atomic mass is 10.0. The van der Waals surface area contributed by atoms with Crippen LogP contribution in [0, 0.1) is 28.5 Å². The SMILES string of the molecule is N#CC1=CC(=NS(=O)(=O)OC(F)(F)F)CC=C1Oc1cc(F)cc(C#N)c1. The molecule has 0 N–H and O–H groups in total. The van der Waals surface area contributed by atoms with Gasteiger partial charge in [-0.3, -0.25) is 0 Å². The van der Waals surface area contributed by atoms with Crippen LogP contribution in [0.5, 0.6) is 5.75 Å². The van der Waals surface area contributed by atoms with E-state index in [9.17, 15) is 26.0 Å². The van der Waals surface area contributed by atoms with Crippen molar-refractivity contribution in [3.63, 3.8) is 0 Å². The van der Waals surface area contributed by atoms with E-state index in [4.69, 9.17) is 15.3 Å². The summed E-state index contributed by atoms with van der Waals surface area (Å²) in [4.78, 5) is 0. The highest BCUT2D eigenvalue weighted by molar-refractivity contribution is 7.85. The summed E-state index contributed by atoms with van der Waals surface area (Å²) in [5.74, 6) is -0.979. The molecule has 0 atom stereocenters. The van der Waals surface area contributed by atoms with Crippen LogP contribution in [0.3, 0.4) is 0 Å². The molecule has 1 aliphatic rings. The zero-order chi connectivity index (χ0) is 20.2. The molecule has 0 bridgehead atoms. The molecule has 0 heterocycles. The quantitative estimate of drug-likeness (QED) is 0.717. The van der Waals surface area contributed by atoms with Gasteiger partial charge < -0.3 is 4.74 Å². The Morgan fingerprint density at radius 3 is 2.44 bits per heavy atom. The predicted octanol–water partition coefficient (Wildman–Crippen LogP) is 3.04. The molecule has 2 rings (SSSR count). The molecule has 140 valence electrons. The van der Waals surface area contributed by atoms with E-state index in [2.05, 4.69) is 8.58 Å². The maximum absolute atomic E-state index is 13.4. The molecule has 0 aliphatic heterocycles. The maximum atomic E-state index is 13.4. The normalized spacial score (nSPS) is 16.1. The number of benzene rings is 1. The number of alkyl halides is 3. The lowest BCUT2D eigenvalue weighted by molar-refractivity contribution is -0.271. The molecule has 0 radical (unpaired) electrons. The van der Waals surface area contributed by atoms with Gasteiger partial charge in [-0.2, -0.15) is 23.1 Å². The fraction of sp³-hybridized carbons (Fsp3) is 0.133. The molecule has 0 saturated heterocycles. The molecule has 1 aromatic carbocycles. The van der Waals surface area contributed by atoms with Gasteiger partial charge in [-0.1, -0.05) is 0 Å². The van der Waals surface area contributed by atoms with Crippen molar-refractivity contribution in [2.45, 2.75) is 12.8 Å². The summed E-state index contributed by atoms with van der Waals surface area (Å²) in [5, 5.41) is 17.9. The third-order valence-corrected chi connectivity index (χ3v) is 3.71. The highest BCUT2D eigenvalue weighted by atomic mass is 32.2. The Morgan fingerprint density at radius 1 is 1.15 bits per heavy atom. The first kappa shape index (κ1) is 20.1. The number of nitrogens with zero attached hydrogens (tertiary/aromatic N) is 3. The van der Waals surface area contributed by atoms with E-state index in [1.165, 1.54) is 6.07 Å². The molecular formula is C15H7F4N3O4S. The van der Waals surface area contributed by atoms with E-state index in [0.717, 1.165) is 24.3 Å². The molecule has 1 aromatic rings. The fourth-order valence-electron chi connectivity index (χ4n) is 1.95. The van der Waals surface area contributed by atoms with Crippen molar-refractivity contribution in [2.24, 2.45) is 4.40 Å². The van der Waals surface area contributed by atoms with Gasteiger partial charge in [-0.25, -0.2) is 4.39 Å². The van der Waals surface area contributed by atoms with Crippen molar-refractivity contribution in [3.05, 3.63) is 53.1 Å². The molecule has 0 spiro atoms. The largest absolute Gasteiger partial charge is 0.538 e. The average molecular weight is 401 g/mol. The summed E-state index contributed by atoms with van der Waals surface area (Å²) < 4.78 is 83.0. The standard InChI is InChI=1S/C15H7F4N3O4S/c16-11-3-9(7-20)4-13(6-11)25-14-2-1-12(5-10(14)8-21)22-27(23,24)26-15(17,18)19/h2-6H,1H2. The second-order valence-corrected chi connectivity index (χ2v) is 6.08. The van der Waals surface area contributed by atoms with Crippen LogP contribution in [0.2, 0.25) is 0 Å². The topological polar surface area (TPSA) is 113 Å². The second-order valence-electron chi connectivity index (χ2n) is 4.87. The monoisotopic (exact) mass is 401 g/mol. The van der Waals surface area contributed by atoms with Gasteiger partial charge >= 0.3 is 16.7 Å². The number of rotatable bonds is 4. The number of allylic oxidation sites excluding steroid dienone is 3. The first-order chi connectivity index (χ1) is 12.5. The number of halogens is 4. The Morgan fingerprint density at radius 2 is 1.85 bits per heavy atom. The molecule has 27 heavy (non-hydrogen) atoms. The molecule has 12 heteroatoms. The minimum Gasteiger partial charge on any atom is -0.456 e. The van der Waals surface area contributed by atoms with Crippen molar-refractivity contribution >= 4 is 16.0 Å². The summed E-state index contributed by atoms with van der Waals surface area (Å²) in [6.07, 6.45) is -3.70. The van der Waals surface area contributed by atoms with Crippen LogP contribution in [0.25, 0.3) is 0 Å². The van der Waals surface area contributed by atoms with Gasteiger partial charge in [-0.05, 0) is 24.3 Å². The van der Waals surface area contributed by atoms with E-state index in [-0.39, 0.29) is 29.1 Å². The van der Waals surface area contributed by atoms with Crippen LogP contribution in [-0.2, 0) is 14.5 Å². The molecule has 0 aromatic heterocycles. The Hall–Kier alpha value is -3.22. The molecule has 0 unspecified atom stereocenters. The highest BCUT2D eigenvalue weighted by Crippen LogP contribution is 2.25. The fourth-order valence-corrected chi connectivity index (χ4v) is 2.64. The summed E-state index contributed by atoms with van der Waals surface area (Å²) in [7, 11) is -5.31. The van der Waals surface area contributed by atoms with Crippen LogP contribution in [0.4, 0.5) is 17.6 Å². The summed E-state index contributed by atoms with van der Waals surface area (Å²) in [6.45, 7) is 0. The molecule has 1 aliphatic carbocycles. The van der Waals surface area contributed by atoms with Gasteiger partial charge in [0.05, 0.1) is 22.9 Å². The molecular weight excluding hydrogens is 394 g/mol. The van der Waals surface area contributed by atoms with Gasteiger partial charge in [0.2, 0.25) is 0 Å². The van der Waals surface area contributed by atoms with Crippen LogP contribution < -0.4 is 4.74 Å². The highest BCUT2D eigenvalue weighted by Gasteiger charge is 2.37. The van der Waals surface area contributed by atoms with Gasteiger partial charge in [-0.15, -0.1) is 17.6 Å². The lowest BCUT2D eigenvalue weighted by Crippen LogP contribution is -2.19. The first-order valence-electron chi connectivity index (χ1n) is 6.83. The molecule has 0 fully saturated rings. The Bertz CT molecular complexity index is 1040. The number of nitriles is 2. The number of hydrogen-bond donors (Lipinski definition) is 0. The lowest BCUT2D eigenvalue weighted by Gasteiger charge is -2.14. The second kappa shape index (κ2) is 7.57. The van der Waals surface area contributed by atoms with Crippen LogP contribution in [0.15, 0.2) is 46.1 Å². The predicted molar refractivity (Wildman–Crippen MR) is 81.6 cm³/mol.